The highest BCUT2D eigenvalue weighted by molar-refractivity contribution is 7.98. The van der Waals surface area contributed by atoms with Gasteiger partial charge in [0.1, 0.15) is 10.8 Å². The highest BCUT2D eigenvalue weighted by Gasteiger charge is 2.17. The molecule has 0 fully saturated rings. The van der Waals surface area contributed by atoms with E-state index in [1.165, 1.54) is 10.5 Å². The number of rotatable bonds is 3. The van der Waals surface area contributed by atoms with E-state index < -0.39 is 0 Å². The van der Waals surface area contributed by atoms with Crippen molar-refractivity contribution in [3.8, 4) is 11.4 Å². The van der Waals surface area contributed by atoms with Crippen LogP contribution in [-0.4, -0.2) is 22.5 Å². The van der Waals surface area contributed by atoms with Crippen molar-refractivity contribution in [2.45, 2.75) is 36.1 Å². The molecule has 0 amide bonds. The molecule has 3 nitrogen and oxygen atoms in total. The van der Waals surface area contributed by atoms with Gasteiger partial charge < -0.3 is 5.73 Å². The molecule has 0 radical (unpaired) electrons. The van der Waals surface area contributed by atoms with Gasteiger partial charge in [-0.3, -0.25) is 0 Å². The lowest BCUT2D eigenvalue weighted by Crippen LogP contribution is -2.11. The minimum absolute atomic E-state index is 0.129. The molecule has 0 spiro atoms. The molecule has 112 valence electrons. The number of nitrogens with two attached hydrogens (primary N) is 1. The molecule has 5 heteroatoms. The fourth-order valence-electron chi connectivity index (χ4n) is 2.01. The number of hydrogen-bond donors (Lipinski definition) is 1. The molecule has 0 atom stereocenters. The molecule has 2 rings (SSSR count). The number of thioether (sulfide) groups is 2. The van der Waals surface area contributed by atoms with Crippen molar-refractivity contribution in [3.63, 3.8) is 0 Å². The molecule has 0 aliphatic heterocycles. The maximum Gasteiger partial charge on any atom is 0.163 e. The van der Waals surface area contributed by atoms with E-state index in [4.69, 9.17) is 5.73 Å². The highest BCUT2D eigenvalue weighted by atomic mass is 32.2. The molecule has 1 aromatic carbocycles. The summed E-state index contributed by atoms with van der Waals surface area (Å²) in [5, 5.41) is 0.893. The topological polar surface area (TPSA) is 51.8 Å². The molecule has 0 unspecified atom stereocenters. The van der Waals surface area contributed by atoms with Crippen LogP contribution in [0.15, 0.2) is 34.2 Å². The Morgan fingerprint density at radius 1 is 1.00 bits per heavy atom. The van der Waals surface area contributed by atoms with E-state index in [1.54, 1.807) is 29.6 Å². The zero-order valence-electron chi connectivity index (χ0n) is 13.1. The van der Waals surface area contributed by atoms with Crippen LogP contribution in [0.3, 0.4) is 0 Å². The number of nitrogens with zero attached hydrogens (tertiary/aromatic N) is 2. The second-order valence-corrected chi connectivity index (χ2v) is 7.50. The summed E-state index contributed by atoms with van der Waals surface area (Å²) in [5.41, 5.74) is 8.37. The smallest absolute Gasteiger partial charge is 0.163 e. The van der Waals surface area contributed by atoms with Crippen LogP contribution in [0.5, 0.6) is 0 Å². The first-order chi connectivity index (χ1) is 9.85. The van der Waals surface area contributed by atoms with Gasteiger partial charge in [-0.25, -0.2) is 9.97 Å². The zero-order chi connectivity index (χ0) is 15.6. The number of hydrogen-bond acceptors (Lipinski definition) is 5. The number of nitrogen functional groups attached to an aromatic ring is 1. The molecular formula is C16H21N3S2. The van der Waals surface area contributed by atoms with Gasteiger partial charge in [-0.1, -0.05) is 26.8 Å². The van der Waals surface area contributed by atoms with Crippen molar-refractivity contribution < 1.29 is 0 Å². The van der Waals surface area contributed by atoms with Gasteiger partial charge in [0.05, 0.1) is 0 Å². The summed E-state index contributed by atoms with van der Waals surface area (Å²) in [6, 6.07) is 8.29. The largest absolute Gasteiger partial charge is 0.384 e. The standard InChI is InChI=1S/C16H21N3S2/c1-16(2,3)10-6-7-11(12(8-10)20-4)15-18-13(17)9-14(19-15)21-5/h6-9H,1-5H3,(H2,17,18,19). The second kappa shape index (κ2) is 6.28. The van der Waals surface area contributed by atoms with E-state index in [0.717, 1.165) is 10.6 Å². The first-order valence-electron chi connectivity index (χ1n) is 6.72. The Balaban J connectivity index is 2.56. The molecule has 21 heavy (non-hydrogen) atoms. The lowest BCUT2D eigenvalue weighted by atomic mass is 9.86. The summed E-state index contributed by atoms with van der Waals surface area (Å²) in [4.78, 5) is 10.2. The van der Waals surface area contributed by atoms with Crippen LogP contribution in [0.1, 0.15) is 26.3 Å². The molecule has 0 saturated carbocycles. The lowest BCUT2D eigenvalue weighted by Gasteiger charge is -2.20. The van der Waals surface area contributed by atoms with Crippen LogP contribution in [-0.2, 0) is 5.41 Å². The van der Waals surface area contributed by atoms with Crippen molar-refractivity contribution in [3.05, 3.63) is 29.8 Å². The Labute approximate surface area is 135 Å². The van der Waals surface area contributed by atoms with Gasteiger partial charge in [0, 0.05) is 16.5 Å². The van der Waals surface area contributed by atoms with E-state index in [2.05, 4.69) is 55.2 Å². The monoisotopic (exact) mass is 319 g/mol. The van der Waals surface area contributed by atoms with Gasteiger partial charge in [0.15, 0.2) is 5.82 Å². The predicted molar refractivity (Wildman–Crippen MR) is 94.1 cm³/mol. The van der Waals surface area contributed by atoms with Gasteiger partial charge in [-0.05, 0) is 35.6 Å². The summed E-state index contributed by atoms with van der Waals surface area (Å²) < 4.78 is 0. The van der Waals surface area contributed by atoms with Crippen LogP contribution in [0.4, 0.5) is 5.82 Å². The minimum Gasteiger partial charge on any atom is -0.384 e. The second-order valence-electron chi connectivity index (χ2n) is 5.82. The zero-order valence-corrected chi connectivity index (χ0v) is 14.7. The van der Waals surface area contributed by atoms with Crippen LogP contribution in [0.25, 0.3) is 11.4 Å². The molecule has 2 N–H and O–H groups in total. The first-order valence-corrected chi connectivity index (χ1v) is 9.17. The van der Waals surface area contributed by atoms with Crippen LogP contribution >= 0.6 is 23.5 Å². The minimum atomic E-state index is 0.129. The van der Waals surface area contributed by atoms with Crippen molar-refractivity contribution in [2.24, 2.45) is 0 Å². The molecule has 2 aromatic rings. The fraction of sp³-hybridized carbons (Fsp3) is 0.375. The summed E-state index contributed by atoms with van der Waals surface area (Å²) in [7, 11) is 0. The van der Waals surface area contributed by atoms with Crippen molar-refractivity contribution in [1.82, 2.24) is 9.97 Å². The summed E-state index contributed by atoms with van der Waals surface area (Å²) in [5.74, 6) is 1.21. The van der Waals surface area contributed by atoms with E-state index in [1.807, 2.05) is 6.26 Å². The average Bonchev–Trinajstić information content (AvgIpc) is 2.44. The van der Waals surface area contributed by atoms with Gasteiger partial charge in [-0.15, -0.1) is 23.5 Å². The van der Waals surface area contributed by atoms with Crippen molar-refractivity contribution >= 4 is 29.3 Å². The van der Waals surface area contributed by atoms with Gasteiger partial charge in [-0.2, -0.15) is 0 Å². The van der Waals surface area contributed by atoms with Crippen molar-refractivity contribution in [1.29, 1.82) is 0 Å². The molecule has 1 aromatic heterocycles. The van der Waals surface area contributed by atoms with Crippen LogP contribution in [0.2, 0.25) is 0 Å². The van der Waals surface area contributed by atoms with Crippen molar-refractivity contribution in [2.75, 3.05) is 18.2 Å². The van der Waals surface area contributed by atoms with E-state index in [-0.39, 0.29) is 5.41 Å². The fourth-order valence-corrected chi connectivity index (χ4v) is 3.05. The van der Waals surface area contributed by atoms with E-state index in [0.29, 0.717) is 11.6 Å². The number of anilines is 1. The molecular weight excluding hydrogens is 298 g/mol. The molecule has 0 aliphatic carbocycles. The molecule has 0 bridgehead atoms. The SMILES string of the molecule is CSc1cc(N)nc(-c2ccc(C(C)(C)C)cc2SC)n1. The first kappa shape index (κ1) is 16.2. The Bertz CT molecular complexity index is 648. The third kappa shape index (κ3) is 3.71. The highest BCUT2D eigenvalue weighted by Crippen LogP contribution is 2.34. The van der Waals surface area contributed by atoms with E-state index >= 15 is 0 Å². The van der Waals surface area contributed by atoms with E-state index in [9.17, 15) is 0 Å². The Kier molecular flexibility index (Phi) is 4.84. The maximum atomic E-state index is 5.89. The maximum absolute atomic E-state index is 5.89. The molecule has 0 aliphatic rings. The predicted octanol–water partition coefficient (Wildman–Crippen LogP) is 4.47. The normalized spacial score (nSPS) is 11.7. The Morgan fingerprint density at radius 3 is 2.29 bits per heavy atom. The number of benzene rings is 1. The third-order valence-corrected chi connectivity index (χ3v) is 4.65. The van der Waals surface area contributed by atoms with Crippen LogP contribution in [0, 0.1) is 0 Å². The average molecular weight is 319 g/mol. The summed E-state index contributed by atoms with van der Waals surface area (Å²) in [6.45, 7) is 6.65. The molecule has 0 saturated heterocycles. The van der Waals surface area contributed by atoms with Crippen LogP contribution < -0.4 is 5.73 Å². The lowest BCUT2D eigenvalue weighted by molar-refractivity contribution is 0.589. The van der Waals surface area contributed by atoms with Gasteiger partial charge in [0.2, 0.25) is 0 Å². The summed E-state index contributed by atoms with van der Waals surface area (Å²) in [6.07, 6.45) is 4.07. The third-order valence-electron chi connectivity index (χ3n) is 3.24. The Hall–Kier alpha value is -1.20. The van der Waals surface area contributed by atoms with Gasteiger partial charge >= 0.3 is 0 Å². The van der Waals surface area contributed by atoms with Gasteiger partial charge in [0.25, 0.3) is 0 Å². The Morgan fingerprint density at radius 2 is 1.71 bits per heavy atom. The molecule has 1 heterocycles. The summed E-state index contributed by atoms with van der Waals surface area (Å²) >= 11 is 3.29. The quantitative estimate of drug-likeness (QED) is 0.668. The number of aromatic nitrogens is 2.